The Balaban J connectivity index is -0.000000179. The molecule has 3 heteroatoms. The normalized spacial score (nSPS) is 7.44. The van der Waals surface area contributed by atoms with Crippen LogP contribution in [0, 0.1) is 20.8 Å². The van der Waals surface area contributed by atoms with E-state index in [0.29, 0.717) is 0 Å². The Morgan fingerprint density at radius 3 is 1.50 bits per heavy atom. The zero-order chi connectivity index (χ0) is 9.68. The molecule has 0 nitrogen and oxygen atoms in total. The molecule has 0 aliphatic rings. The molecule has 2 aromatic rings. The van der Waals surface area contributed by atoms with E-state index in [9.17, 15) is 0 Å². The quantitative estimate of drug-likeness (QED) is 0.333. The van der Waals surface area contributed by atoms with Gasteiger partial charge in [-0.15, -0.1) is 0 Å². The maximum absolute atomic E-state index is 2.12. The van der Waals surface area contributed by atoms with Gasteiger partial charge in [0.2, 0.25) is 0 Å². The number of aryl methyl sites for hydroxylation is 3. The summed E-state index contributed by atoms with van der Waals surface area (Å²) in [5.74, 6) is 0. The molecule has 0 unspecified atom stereocenters. The van der Waals surface area contributed by atoms with E-state index in [-0.39, 0.29) is 50.7 Å². The van der Waals surface area contributed by atoms with Gasteiger partial charge < -0.3 is 24.8 Å². The number of hydrogen-bond acceptors (Lipinski definition) is 0. The first-order valence-electron chi connectivity index (χ1n) is 4.57. The Morgan fingerprint density at radius 2 is 1.38 bits per heavy atom. The van der Waals surface area contributed by atoms with Crippen LogP contribution >= 0.6 is 0 Å². The van der Waals surface area contributed by atoms with Crippen LogP contribution in [-0.2, 0) is 25.8 Å². The van der Waals surface area contributed by atoms with E-state index < -0.39 is 0 Å². The summed E-state index contributed by atoms with van der Waals surface area (Å²) in [6.45, 7) is 6.32. The summed E-state index contributed by atoms with van der Waals surface area (Å²) < 4.78 is 0. The van der Waals surface area contributed by atoms with Crippen LogP contribution in [0.1, 0.15) is 16.7 Å². The van der Waals surface area contributed by atoms with Crippen molar-refractivity contribution in [3.63, 3.8) is 0 Å². The molecule has 0 aliphatic carbocycles. The average molecular weight is 422 g/mol. The van der Waals surface area contributed by atoms with Crippen LogP contribution in [0.5, 0.6) is 0 Å². The molecule has 0 atom stereocenters. The molecule has 0 N–H and O–H groups in total. The first kappa shape index (κ1) is 21.4. The summed E-state index contributed by atoms with van der Waals surface area (Å²) in [7, 11) is 0. The number of halogens is 2. The Labute approximate surface area is 130 Å². The molecule has 0 radical (unpaired) electrons. The molecule has 0 amide bonds. The van der Waals surface area contributed by atoms with E-state index in [1.807, 2.05) is 12.1 Å². The van der Waals surface area contributed by atoms with E-state index in [0.717, 1.165) is 0 Å². The molecule has 2 rings (SSSR count). The van der Waals surface area contributed by atoms with Crippen LogP contribution in [0.25, 0.3) is 0 Å². The van der Waals surface area contributed by atoms with E-state index in [4.69, 9.17) is 0 Å². The Kier molecular flexibility index (Phi) is 15.6. The second-order valence-electron chi connectivity index (χ2n) is 3.35. The van der Waals surface area contributed by atoms with Gasteiger partial charge in [-0.1, -0.05) is 20.8 Å². The summed E-state index contributed by atoms with van der Waals surface area (Å²) >= 11 is 0. The number of hydrogen-bond donors (Lipinski definition) is 0. The van der Waals surface area contributed by atoms with Gasteiger partial charge in [-0.2, -0.15) is 34.9 Å². The summed E-state index contributed by atoms with van der Waals surface area (Å²) in [6, 6.07) is 14.6. The predicted molar refractivity (Wildman–Crippen MR) is 58.3 cm³/mol. The van der Waals surface area contributed by atoms with E-state index in [2.05, 4.69) is 51.1 Å². The monoisotopic (exact) mass is 422 g/mol. The van der Waals surface area contributed by atoms with Gasteiger partial charge in [-0.3, -0.25) is 0 Å². The Bertz CT molecular complexity index is 320. The fourth-order valence-corrected chi connectivity index (χ4v) is 1.07. The second-order valence-corrected chi connectivity index (χ2v) is 3.35. The molecular formula is C13H16Cl2Hf. The zero-order valence-corrected chi connectivity index (χ0v) is 14.9. The zero-order valence-electron chi connectivity index (χ0n) is 9.80. The van der Waals surface area contributed by atoms with Crippen LogP contribution in [0.15, 0.2) is 42.5 Å². The summed E-state index contributed by atoms with van der Waals surface area (Å²) in [6.07, 6.45) is 0. The predicted octanol–water partition coefficient (Wildman–Crippen LogP) is -2.26. The van der Waals surface area contributed by atoms with Gasteiger partial charge in [0.25, 0.3) is 0 Å². The summed E-state index contributed by atoms with van der Waals surface area (Å²) in [5.41, 5.74) is 4.12. The van der Waals surface area contributed by atoms with Crippen molar-refractivity contribution < 1.29 is 50.7 Å². The van der Waals surface area contributed by atoms with Gasteiger partial charge in [0.15, 0.2) is 0 Å². The second kappa shape index (κ2) is 11.6. The fraction of sp³-hybridized carbons (Fsp3) is 0.231. The van der Waals surface area contributed by atoms with E-state index in [1.165, 1.54) is 16.7 Å². The van der Waals surface area contributed by atoms with Gasteiger partial charge in [-0.25, -0.2) is 24.3 Å². The van der Waals surface area contributed by atoms with Crippen molar-refractivity contribution in [1.82, 2.24) is 0 Å². The molecule has 0 spiro atoms. The van der Waals surface area contributed by atoms with Crippen LogP contribution < -0.4 is 24.8 Å². The minimum Gasteiger partial charge on any atom is -1.00 e. The molecule has 0 saturated heterocycles. The fourth-order valence-electron chi connectivity index (χ4n) is 1.07. The largest absolute Gasteiger partial charge is 4.00 e. The molecule has 0 aromatic heterocycles. The van der Waals surface area contributed by atoms with Crippen LogP contribution in [-0.4, -0.2) is 0 Å². The molecule has 0 saturated carbocycles. The third kappa shape index (κ3) is 8.32. The molecule has 16 heavy (non-hydrogen) atoms. The minimum absolute atomic E-state index is 0. The minimum atomic E-state index is 0. The van der Waals surface area contributed by atoms with Gasteiger partial charge in [0.05, 0.1) is 0 Å². The third-order valence-electron chi connectivity index (χ3n) is 2.14. The first-order chi connectivity index (χ1) is 6.20. The first-order valence-corrected chi connectivity index (χ1v) is 4.57. The molecule has 0 bridgehead atoms. The van der Waals surface area contributed by atoms with Crippen LogP contribution in [0.3, 0.4) is 0 Å². The molecule has 0 heterocycles. The van der Waals surface area contributed by atoms with Crippen molar-refractivity contribution in [2.75, 3.05) is 0 Å². The van der Waals surface area contributed by atoms with E-state index >= 15 is 0 Å². The van der Waals surface area contributed by atoms with Crippen LogP contribution in [0.4, 0.5) is 0 Å². The Morgan fingerprint density at radius 1 is 0.875 bits per heavy atom. The third-order valence-corrected chi connectivity index (χ3v) is 2.14. The average Bonchev–Trinajstić information content (AvgIpc) is 2.67. The Hall–Kier alpha value is 0.150. The van der Waals surface area contributed by atoms with Gasteiger partial charge in [0.1, 0.15) is 0 Å². The molecular weight excluding hydrogens is 406 g/mol. The SMILES string of the molecule is C[c-]1cccc1.Cc1ccc[c-]1C.[Cl-].[Cl-].[Hf+4]. The van der Waals surface area contributed by atoms with Crippen molar-refractivity contribution >= 4 is 0 Å². The topological polar surface area (TPSA) is 0 Å². The van der Waals surface area contributed by atoms with Crippen molar-refractivity contribution in [1.29, 1.82) is 0 Å². The number of rotatable bonds is 0. The molecule has 0 fully saturated rings. The molecule has 86 valence electrons. The van der Waals surface area contributed by atoms with E-state index in [1.54, 1.807) is 0 Å². The molecule has 0 aliphatic heterocycles. The van der Waals surface area contributed by atoms with Crippen molar-refractivity contribution in [2.24, 2.45) is 0 Å². The van der Waals surface area contributed by atoms with Crippen molar-refractivity contribution in [3.05, 3.63) is 59.2 Å². The van der Waals surface area contributed by atoms with Gasteiger partial charge in [-0.05, 0) is 0 Å². The van der Waals surface area contributed by atoms with Gasteiger partial charge in [0, 0.05) is 0 Å². The van der Waals surface area contributed by atoms with Crippen molar-refractivity contribution in [2.45, 2.75) is 20.8 Å². The molecule has 2 aromatic carbocycles. The van der Waals surface area contributed by atoms with Crippen LogP contribution in [0.2, 0.25) is 0 Å². The maximum Gasteiger partial charge on any atom is 4.00 e. The maximum atomic E-state index is 2.12. The summed E-state index contributed by atoms with van der Waals surface area (Å²) in [5, 5.41) is 0. The standard InChI is InChI=1S/C7H9.C6H7.2ClH.Hf/c1-6-4-3-5-7(6)2;1-6-4-2-3-5-6;;;/h3-5H,1-2H3;2-5H,1H3;2*1H;/q2*-1;;;+4/p-2. The van der Waals surface area contributed by atoms with Gasteiger partial charge >= 0.3 is 25.8 Å². The van der Waals surface area contributed by atoms with Crippen molar-refractivity contribution in [3.8, 4) is 0 Å². The smallest absolute Gasteiger partial charge is 1.00 e. The summed E-state index contributed by atoms with van der Waals surface area (Å²) in [4.78, 5) is 0.